The van der Waals surface area contributed by atoms with Gasteiger partial charge in [0.15, 0.2) is 0 Å². The van der Waals surface area contributed by atoms with Gasteiger partial charge in [-0.3, -0.25) is 4.79 Å². The maximum absolute atomic E-state index is 12.3. The first-order valence-corrected chi connectivity index (χ1v) is 9.23. The zero-order valence-electron chi connectivity index (χ0n) is 13.0. The number of ether oxygens (including phenoxy) is 1. The minimum atomic E-state index is -0.624. The summed E-state index contributed by atoms with van der Waals surface area (Å²) in [5.74, 6) is 0.341. The lowest BCUT2D eigenvalue weighted by Gasteiger charge is -2.24. The monoisotopic (exact) mass is 430 g/mol. The minimum absolute atomic E-state index is 0.147. The number of nitrogens with one attached hydrogen (secondary N) is 1. The Kier molecular flexibility index (Phi) is 5.55. The number of hydrogen-bond donors (Lipinski definition) is 1. The van der Waals surface area contributed by atoms with E-state index in [4.69, 9.17) is 4.74 Å². The lowest BCUT2D eigenvalue weighted by molar-refractivity contribution is -0.126. The summed E-state index contributed by atoms with van der Waals surface area (Å²) >= 11 is 3.53. The van der Waals surface area contributed by atoms with Gasteiger partial charge in [-0.15, -0.1) is 11.8 Å². The van der Waals surface area contributed by atoms with E-state index in [2.05, 4.69) is 32.9 Å². The molecule has 1 amide bonds. The van der Waals surface area contributed by atoms with Gasteiger partial charge >= 0.3 is 0 Å². The largest absolute Gasteiger partial charge is 0.452 e. The Labute approximate surface area is 148 Å². The topological polar surface area (TPSA) is 51.2 Å². The van der Waals surface area contributed by atoms with Gasteiger partial charge in [-0.05, 0) is 61.8 Å². The number of amides is 1. The van der Waals surface area contributed by atoms with Gasteiger partial charge in [-0.1, -0.05) is 18.2 Å². The van der Waals surface area contributed by atoms with Crippen LogP contribution in [0, 0.1) is 3.57 Å². The maximum Gasteiger partial charge on any atom is 0.272 e. The molecule has 1 unspecified atom stereocenters. The molecule has 1 atom stereocenters. The minimum Gasteiger partial charge on any atom is -0.452 e. The first-order valence-electron chi connectivity index (χ1n) is 6.87. The van der Waals surface area contributed by atoms with Crippen LogP contribution in [-0.2, 0) is 4.79 Å². The lowest BCUT2D eigenvalue weighted by atomic mass is 10.1. The van der Waals surface area contributed by atoms with Crippen molar-refractivity contribution in [1.82, 2.24) is 10.3 Å². The van der Waals surface area contributed by atoms with Crippen molar-refractivity contribution in [3.63, 3.8) is 0 Å². The Morgan fingerprint density at radius 3 is 2.68 bits per heavy atom. The van der Waals surface area contributed by atoms with E-state index in [1.807, 2.05) is 57.4 Å². The highest BCUT2D eigenvalue weighted by molar-refractivity contribution is 14.1. The number of rotatable bonds is 4. The van der Waals surface area contributed by atoms with Crippen molar-refractivity contribution in [1.29, 1.82) is 0 Å². The standard InChI is InChI=1S/C16H19IN2O2S/c1-16(2,3)19-13(20)15(22-4)21-14-11(17)9-10-7-5-6-8-12(10)18-14/h5-9,15H,1-4H3,(H,19,20). The summed E-state index contributed by atoms with van der Waals surface area (Å²) in [6, 6.07) is 9.86. The van der Waals surface area contributed by atoms with Crippen LogP contribution >= 0.6 is 34.4 Å². The van der Waals surface area contributed by atoms with E-state index in [9.17, 15) is 4.79 Å². The number of pyridine rings is 1. The molecule has 0 radical (unpaired) electrons. The van der Waals surface area contributed by atoms with Crippen molar-refractivity contribution in [2.45, 2.75) is 31.7 Å². The molecule has 0 fully saturated rings. The second kappa shape index (κ2) is 7.04. The van der Waals surface area contributed by atoms with Crippen LogP contribution in [0.5, 0.6) is 5.88 Å². The molecule has 0 saturated heterocycles. The molecule has 22 heavy (non-hydrogen) atoms. The van der Waals surface area contributed by atoms with E-state index in [0.29, 0.717) is 5.88 Å². The van der Waals surface area contributed by atoms with Crippen LogP contribution in [-0.4, -0.2) is 28.1 Å². The number of carbonyl (C=O) groups is 1. The highest BCUT2D eigenvalue weighted by atomic mass is 127. The van der Waals surface area contributed by atoms with Gasteiger partial charge < -0.3 is 10.1 Å². The highest BCUT2D eigenvalue weighted by Crippen LogP contribution is 2.26. The molecule has 0 aliphatic heterocycles. The van der Waals surface area contributed by atoms with Gasteiger partial charge in [0, 0.05) is 10.9 Å². The Hall–Kier alpha value is -1.02. The third-order valence-corrected chi connectivity index (χ3v) is 4.30. The predicted molar refractivity (Wildman–Crippen MR) is 100 cm³/mol. The van der Waals surface area contributed by atoms with Gasteiger partial charge in [0.05, 0.1) is 9.09 Å². The molecule has 1 heterocycles. The fourth-order valence-corrected chi connectivity index (χ4v) is 2.94. The maximum atomic E-state index is 12.3. The summed E-state index contributed by atoms with van der Waals surface area (Å²) in [6.45, 7) is 5.83. The van der Waals surface area contributed by atoms with Crippen molar-refractivity contribution < 1.29 is 9.53 Å². The van der Waals surface area contributed by atoms with Crippen LogP contribution in [0.1, 0.15) is 20.8 Å². The third kappa shape index (κ3) is 4.49. The molecule has 0 saturated carbocycles. The highest BCUT2D eigenvalue weighted by Gasteiger charge is 2.25. The smallest absolute Gasteiger partial charge is 0.272 e. The molecule has 0 aliphatic rings. The van der Waals surface area contributed by atoms with Crippen molar-refractivity contribution in [3.8, 4) is 5.88 Å². The molecule has 1 N–H and O–H groups in total. The molecule has 0 aliphatic carbocycles. The van der Waals surface area contributed by atoms with Crippen LogP contribution in [0.25, 0.3) is 10.9 Å². The van der Waals surface area contributed by atoms with E-state index in [1.54, 1.807) is 0 Å². The van der Waals surface area contributed by atoms with E-state index < -0.39 is 5.44 Å². The Morgan fingerprint density at radius 1 is 1.36 bits per heavy atom. The summed E-state index contributed by atoms with van der Waals surface area (Å²) < 4.78 is 6.73. The number of benzene rings is 1. The number of para-hydroxylation sites is 1. The van der Waals surface area contributed by atoms with Gasteiger partial charge in [0.1, 0.15) is 0 Å². The third-order valence-electron chi connectivity index (χ3n) is 2.79. The molecule has 0 spiro atoms. The number of fused-ring (bicyclic) bond motifs is 1. The number of carbonyl (C=O) groups excluding carboxylic acids is 1. The van der Waals surface area contributed by atoms with Crippen molar-refractivity contribution in [2.24, 2.45) is 0 Å². The van der Waals surface area contributed by atoms with E-state index >= 15 is 0 Å². The van der Waals surface area contributed by atoms with Crippen LogP contribution in [0.2, 0.25) is 0 Å². The van der Waals surface area contributed by atoms with Gasteiger partial charge in [-0.2, -0.15) is 0 Å². The zero-order valence-corrected chi connectivity index (χ0v) is 16.0. The molecule has 2 aromatic rings. The SMILES string of the molecule is CSC(Oc1nc2ccccc2cc1I)C(=O)NC(C)(C)C. The summed E-state index contributed by atoms with van der Waals surface area (Å²) in [4.78, 5) is 16.8. The fourth-order valence-electron chi connectivity index (χ4n) is 1.89. The predicted octanol–water partition coefficient (Wildman–Crippen LogP) is 3.82. The molecular formula is C16H19IN2O2S. The lowest BCUT2D eigenvalue weighted by Crippen LogP contribution is -2.46. The van der Waals surface area contributed by atoms with Gasteiger partial charge in [0.25, 0.3) is 5.91 Å². The summed E-state index contributed by atoms with van der Waals surface area (Å²) in [7, 11) is 0. The van der Waals surface area contributed by atoms with Crippen molar-refractivity contribution in [3.05, 3.63) is 33.9 Å². The number of aromatic nitrogens is 1. The Balaban J connectivity index is 2.24. The van der Waals surface area contributed by atoms with Crippen molar-refractivity contribution >= 4 is 51.2 Å². The number of thioether (sulfide) groups is 1. The molecule has 2 rings (SSSR count). The average molecular weight is 430 g/mol. The van der Waals surface area contributed by atoms with E-state index in [0.717, 1.165) is 14.5 Å². The van der Waals surface area contributed by atoms with E-state index in [1.165, 1.54) is 11.8 Å². The Bertz CT molecular complexity index is 685. The van der Waals surface area contributed by atoms with Crippen LogP contribution in [0.15, 0.2) is 30.3 Å². The molecule has 118 valence electrons. The molecule has 6 heteroatoms. The molecule has 0 bridgehead atoms. The van der Waals surface area contributed by atoms with E-state index in [-0.39, 0.29) is 11.4 Å². The molecule has 4 nitrogen and oxygen atoms in total. The second-order valence-electron chi connectivity index (χ2n) is 5.89. The first-order chi connectivity index (χ1) is 10.3. The normalized spacial score (nSPS) is 13.0. The van der Waals surface area contributed by atoms with Crippen LogP contribution in [0.3, 0.4) is 0 Å². The summed E-state index contributed by atoms with van der Waals surface area (Å²) in [5.41, 5.74) is -0.0614. The summed E-state index contributed by atoms with van der Waals surface area (Å²) in [5, 5.41) is 3.99. The van der Waals surface area contributed by atoms with Crippen molar-refractivity contribution in [2.75, 3.05) is 6.26 Å². The zero-order chi connectivity index (χ0) is 16.3. The number of hydrogen-bond acceptors (Lipinski definition) is 4. The van der Waals surface area contributed by atoms with Crippen LogP contribution < -0.4 is 10.1 Å². The fraction of sp³-hybridized carbons (Fsp3) is 0.375. The molecular weight excluding hydrogens is 411 g/mol. The van der Waals surface area contributed by atoms with Gasteiger partial charge in [0.2, 0.25) is 11.3 Å². The first kappa shape index (κ1) is 17.3. The quantitative estimate of drug-likeness (QED) is 0.592. The van der Waals surface area contributed by atoms with Crippen LogP contribution in [0.4, 0.5) is 0 Å². The Morgan fingerprint density at radius 2 is 2.05 bits per heavy atom. The number of halogens is 1. The molecule has 1 aromatic carbocycles. The average Bonchev–Trinajstić information content (AvgIpc) is 2.43. The number of nitrogens with zero attached hydrogens (tertiary/aromatic N) is 1. The van der Waals surface area contributed by atoms with Gasteiger partial charge in [-0.25, -0.2) is 4.98 Å². The second-order valence-corrected chi connectivity index (χ2v) is 7.95. The summed E-state index contributed by atoms with van der Waals surface area (Å²) in [6.07, 6.45) is 1.85. The molecule has 1 aromatic heterocycles.